The lowest BCUT2D eigenvalue weighted by molar-refractivity contribution is 0.469. The summed E-state index contributed by atoms with van der Waals surface area (Å²) in [6.45, 7) is 6.27. The van der Waals surface area contributed by atoms with Gasteiger partial charge in [-0.05, 0) is 42.9 Å². The third kappa shape index (κ3) is 3.92. The fourth-order valence-corrected chi connectivity index (χ4v) is 1.84. The van der Waals surface area contributed by atoms with Crippen LogP contribution in [0.3, 0.4) is 0 Å². The molecule has 0 radical (unpaired) electrons. The fraction of sp³-hybridized carbons (Fsp3) is 0.538. The van der Waals surface area contributed by atoms with E-state index in [-0.39, 0.29) is 6.04 Å². The summed E-state index contributed by atoms with van der Waals surface area (Å²) in [5.41, 5.74) is 8.16. The van der Waals surface area contributed by atoms with Gasteiger partial charge in [0.05, 0.1) is 0 Å². The third-order valence-electron chi connectivity index (χ3n) is 2.53. The highest BCUT2D eigenvalue weighted by atomic mass is 16.3. The van der Waals surface area contributed by atoms with Gasteiger partial charge in [0.2, 0.25) is 0 Å². The molecule has 0 aliphatic heterocycles. The van der Waals surface area contributed by atoms with Crippen LogP contribution in [0.4, 0.5) is 0 Å². The van der Waals surface area contributed by atoms with Crippen LogP contribution in [-0.2, 0) is 6.42 Å². The zero-order valence-corrected chi connectivity index (χ0v) is 9.83. The second-order valence-corrected chi connectivity index (χ2v) is 4.71. The third-order valence-corrected chi connectivity index (χ3v) is 2.53. The Morgan fingerprint density at radius 3 is 2.53 bits per heavy atom. The Kier molecular flexibility index (Phi) is 4.15. The molecule has 0 saturated carbocycles. The molecule has 1 unspecified atom stereocenters. The Hall–Kier alpha value is -1.02. The topological polar surface area (TPSA) is 46.2 Å². The molecule has 2 heteroatoms. The predicted molar refractivity (Wildman–Crippen MR) is 64.0 cm³/mol. The number of hydrogen-bond acceptors (Lipinski definition) is 2. The van der Waals surface area contributed by atoms with Crippen LogP contribution >= 0.6 is 0 Å². The highest BCUT2D eigenvalue weighted by Crippen LogP contribution is 2.18. The average Bonchev–Trinajstić information content (AvgIpc) is 2.10. The summed E-state index contributed by atoms with van der Waals surface area (Å²) in [6.07, 6.45) is 1.93. The molecule has 15 heavy (non-hydrogen) atoms. The van der Waals surface area contributed by atoms with Gasteiger partial charge in [-0.2, -0.15) is 0 Å². The van der Waals surface area contributed by atoms with Crippen molar-refractivity contribution in [3.05, 3.63) is 29.3 Å². The van der Waals surface area contributed by atoms with E-state index >= 15 is 0 Å². The van der Waals surface area contributed by atoms with Crippen molar-refractivity contribution < 1.29 is 5.11 Å². The molecule has 0 aliphatic carbocycles. The van der Waals surface area contributed by atoms with Crippen LogP contribution in [0, 0.1) is 12.8 Å². The molecular weight excluding hydrogens is 186 g/mol. The van der Waals surface area contributed by atoms with Crippen LogP contribution in [0.2, 0.25) is 0 Å². The van der Waals surface area contributed by atoms with Crippen molar-refractivity contribution in [2.75, 3.05) is 0 Å². The van der Waals surface area contributed by atoms with E-state index in [1.54, 1.807) is 6.07 Å². The number of rotatable bonds is 4. The minimum atomic E-state index is 0.217. The van der Waals surface area contributed by atoms with E-state index in [4.69, 9.17) is 5.73 Å². The molecule has 84 valence electrons. The number of benzene rings is 1. The normalized spacial score (nSPS) is 13.1. The maximum atomic E-state index is 9.39. The van der Waals surface area contributed by atoms with E-state index in [0.717, 1.165) is 18.4 Å². The Labute approximate surface area is 92.1 Å². The smallest absolute Gasteiger partial charge is 0.118 e. The first-order chi connectivity index (χ1) is 6.99. The van der Waals surface area contributed by atoms with E-state index in [1.807, 2.05) is 19.1 Å². The number of hydrogen-bond donors (Lipinski definition) is 2. The molecule has 0 saturated heterocycles. The van der Waals surface area contributed by atoms with Crippen molar-refractivity contribution in [3.8, 4) is 5.75 Å². The summed E-state index contributed by atoms with van der Waals surface area (Å²) in [6, 6.07) is 5.92. The molecule has 1 aromatic carbocycles. The Bertz CT molecular complexity index is 320. The van der Waals surface area contributed by atoms with Crippen LogP contribution < -0.4 is 5.73 Å². The van der Waals surface area contributed by atoms with Crippen molar-refractivity contribution in [3.63, 3.8) is 0 Å². The second-order valence-electron chi connectivity index (χ2n) is 4.71. The summed E-state index contributed by atoms with van der Waals surface area (Å²) in [4.78, 5) is 0. The molecule has 1 aromatic rings. The largest absolute Gasteiger partial charge is 0.508 e. The van der Waals surface area contributed by atoms with Crippen LogP contribution in [0.1, 0.15) is 31.4 Å². The molecule has 0 heterocycles. The van der Waals surface area contributed by atoms with E-state index in [2.05, 4.69) is 13.8 Å². The number of phenolic OH excluding ortho intramolecular Hbond substituents is 1. The molecule has 0 fully saturated rings. The minimum absolute atomic E-state index is 0.217. The van der Waals surface area contributed by atoms with E-state index < -0.39 is 0 Å². The van der Waals surface area contributed by atoms with Gasteiger partial charge in [0.15, 0.2) is 0 Å². The highest BCUT2D eigenvalue weighted by molar-refractivity contribution is 5.35. The van der Waals surface area contributed by atoms with Gasteiger partial charge >= 0.3 is 0 Å². The molecule has 0 aliphatic rings. The quantitative estimate of drug-likeness (QED) is 0.797. The van der Waals surface area contributed by atoms with Crippen LogP contribution in [0.15, 0.2) is 18.2 Å². The first-order valence-electron chi connectivity index (χ1n) is 5.53. The monoisotopic (exact) mass is 207 g/mol. The standard InChI is InChI=1S/C13H21NO/c1-9(2)6-12(14)8-11-4-5-13(15)10(3)7-11/h4-5,7,9,12,15H,6,8,14H2,1-3H3. The van der Waals surface area contributed by atoms with Crippen LogP contribution in [0.25, 0.3) is 0 Å². The van der Waals surface area contributed by atoms with Gasteiger partial charge in [-0.15, -0.1) is 0 Å². The molecule has 0 amide bonds. The number of aryl methyl sites for hydroxylation is 1. The summed E-state index contributed by atoms with van der Waals surface area (Å²) in [7, 11) is 0. The Balaban J connectivity index is 2.60. The molecule has 2 nitrogen and oxygen atoms in total. The molecule has 3 N–H and O–H groups in total. The Morgan fingerprint density at radius 1 is 1.33 bits per heavy atom. The van der Waals surface area contributed by atoms with Crippen LogP contribution in [0.5, 0.6) is 5.75 Å². The fourth-order valence-electron chi connectivity index (χ4n) is 1.84. The minimum Gasteiger partial charge on any atom is -0.508 e. The van der Waals surface area contributed by atoms with Crippen molar-refractivity contribution in [1.82, 2.24) is 0 Å². The highest BCUT2D eigenvalue weighted by Gasteiger charge is 2.07. The average molecular weight is 207 g/mol. The molecule has 1 atom stereocenters. The molecule has 0 aromatic heterocycles. The molecule has 0 bridgehead atoms. The number of nitrogens with two attached hydrogens (primary N) is 1. The van der Waals surface area contributed by atoms with Crippen molar-refractivity contribution in [2.24, 2.45) is 11.7 Å². The van der Waals surface area contributed by atoms with Crippen LogP contribution in [-0.4, -0.2) is 11.1 Å². The summed E-state index contributed by atoms with van der Waals surface area (Å²) in [5.74, 6) is 0.995. The molecule has 1 rings (SSSR count). The first kappa shape index (κ1) is 12.1. The van der Waals surface area contributed by atoms with Gasteiger partial charge in [-0.1, -0.05) is 26.0 Å². The molecule has 0 spiro atoms. The maximum absolute atomic E-state index is 9.39. The maximum Gasteiger partial charge on any atom is 0.118 e. The summed E-state index contributed by atoms with van der Waals surface area (Å²) >= 11 is 0. The summed E-state index contributed by atoms with van der Waals surface area (Å²) in [5, 5.41) is 9.39. The van der Waals surface area contributed by atoms with Crippen molar-refractivity contribution in [2.45, 2.75) is 39.7 Å². The first-order valence-corrected chi connectivity index (χ1v) is 5.53. The lowest BCUT2D eigenvalue weighted by atomic mass is 9.97. The van der Waals surface area contributed by atoms with Gasteiger partial charge in [-0.25, -0.2) is 0 Å². The Morgan fingerprint density at radius 2 is 2.00 bits per heavy atom. The summed E-state index contributed by atoms with van der Waals surface area (Å²) < 4.78 is 0. The van der Waals surface area contributed by atoms with E-state index in [9.17, 15) is 5.11 Å². The SMILES string of the molecule is Cc1cc(CC(N)CC(C)C)ccc1O. The van der Waals surface area contributed by atoms with E-state index in [1.165, 1.54) is 5.56 Å². The van der Waals surface area contributed by atoms with Gasteiger partial charge in [0.25, 0.3) is 0 Å². The number of phenols is 1. The lowest BCUT2D eigenvalue weighted by Crippen LogP contribution is -2.24. The van der Waals surface area contributed by atoms with Gasteiger partial charge in [0, 0.05) is 6.04 Å². The number of aromatic hydroxyl groups is 1. The second kappa shape index (κ2) is 5.17. The van der Waals surface area contributed by atoms with Gasteiger partial charge < -0.3 is 10.8 Å². The van der Waals surface area contributed by atoms with Crippen molar-refractivity contribution in [1.29, 1.82) is 0 Å². The lowest BCUT2D eigenvalue weighted by Gasteiger charge is -2.14. The van der Waals surface area contributed by atoms with E-state index in [0.29, 0.717) is 11.7 Å². The van der Waals surface area contributed by atoms with Gasteiger partial charge in [-0.3, -0.25) is 0 Å². The molecular formula is C13H21NO. The van der Waals surface area contributed by atoms with Gasteiger partial charge in [0.1, 0.15) is 5.75 Å². The predicted octanol–water partition coefficient (Wildman–Crippen LogP) is 2.62. The zero-order chi connectivity index (χ0) is 11.4. The van der Waals surface area contributed by atoms with Crippen molar-refractivity contribution >= 4 is 0 Å². The zero-order valence-electron chi connectivity index (χ0n) is 9.83.